The van der Waals surface area contributed by atoms with Gasteiger partial charge in [-0.25, -0.2) is 4.79 Å². The summed E-state index contributed by atoms with van der Waals surface area (Å²) in [4.78, 5) is 12.7. The van der Waals surface area contributed by atoms with Crippen molar-refractivity contribution in [3.05, 3.63) is 77.2 Å². The van der Waals surface area contributed by atoms with Crippen molar-refractivity contribution in [3.63, 3.8) is 0 Å². The number of imidazole rings is 1. The lowest BCUT2D eigenvalue weighted by Crippen LogP contribution is -2.31. The summed E-state index contributed by atoms with van der Waals surface area (Å²) in [5, 5.41) is 12.6. The molecule has 0 saturated heterocycles. The molecule has 0 fully saturated rings. The fourth-order valence-electron chi connectivity index (χ4n) is 3.53. The summed E-state index contributed by atoms with van der Waals surface area (Å²) in [5.41, 5.74) is 1.60. The Kier molecular flexibility index (Phi) is 4.69. The molecule has 138 valence electrons. The van der Waals surface area contributed by atoms with Gasteiger partial charge in [0.15, 0.2) is 0 Å². The van der Waals surface area contributed by atoms with Crippen LogP contribution in [0.2, 0.25) is 0 Å². The van der Waals surface area contributed by atoms with Gasteiger partial charge in [-0.05, 0) is 30.5 Å². The molecule has 5 heteroatoms. The Labute approximate surface area is 157 Å². The van der Waals surface area contributed by atoms with E-state index in [0.29, 0.717) is 6.54 Å². The first kappa shape index (κ1) is 17.4. The van der Waals surface area contributed by atoms with Crippen LogP contribution in [0.25, 0.3) is 21.8 Å². The van der Waals surface area contributed by atoms with Gasteiger partial charge < -0.3 is 9.84 Å². The maximum Gasteiger partial charge on any atom is 0.329 e. The predicted molar refractivity (Wildman–Crippen MR) is 107 cm³/mol. The third-order valence-electron chi connectivity index (χ3n) is 4.82. The van der Waals surface area contributed by atoms with Gasteiger partial charge in [0.25, 0.3) is 0 Å². The van der Waals surface area contributed by atoms with Gasteiger partial charge in [0, 0.05) is 11.9 Å². The molecular formula is C22H22N2O3. The number of benzene rings is 3. The first-order chi connectivity index (χ1) is 13.2. The molecule has 0 spiro atoms. The Bertz CT molecular complexity index is 1140. The number of aromatic nitrogens is 2. The molecule has 0 unspecified atom stereocenters. The average Bonchev–Trinajstić information content (AvgIpc) is 2.97. The second kappa shape index (κ2) is 7.29. The van der Waals surface area contributed by atoms with E-state index in [-0.39, 0.29) is 18.8 Å². The molecule has 1 aromatic heterocycles. The zero-order chi connectivity index (χ0) is 18.8. The average molecular weight is 362 g/mol. The quantitative estimate of drug-likeness (QED) is 0.572. The van der Waals surface area contributed by atoms with Crippen LogP contribution in [0.5, 0.6) is 5.75 Å². The van der Waals surface area contributed by atoms with Gasteiger partial charge in [-0.15, -0.1) is 0 Å². The van der Waals surface area contributed by atoms with Crippen molar-refractivity contribution >= 4 is 21.8 Å². The minimum atomic E-state index is -0.794. The highest BCUT2D eigenvalue weighted by Crippen LogP contribution is 2.25. The van der Waals surface area contributed by atoms with Crippen LogP contribution < -0.4 is 10.4 Å². The lowest BCUT2D eigenvalue weighted by molar-refractivity contribution is 0.0932. The predicted octanol–water partition coefficient (Wildman–Crippen LogP) is 3.42. The number of aliphatic hydroxyl groups excluding tert-OH is 1. The first-order valence-corrected chi connectivity index (χ1v) is 9.15. The van der Waals surface area contributed by atoms with Crippen LogP contribution in [0, 0.1) is 0 Å². The molecule has 0 aliphatic rings. The van der Waals surface area contributed by atoms with E-state index < -0.39 is 6.10 Å². The third kappa shape index (κ3) is 3.22. The van der Waals surface area contributed by atoms with Gasteiger partial charge in [0.2, 0.25) is 0 Å². The maximum absolute atomic E-state index is 12.7. The molecule has 5 nitrogen and oxygen atoms in total. The van der Waals surface area contributed by atoms with E-state index >= 15 is 0 Å². The van der Waals surface area contributed by atoms with E-state index in [9.17, 15) is 9.90 Å². The highest BCUT2D eigenvalue weighted by molar-refractivity contribution is 5.88. The molecule has 0 aliphatic heterocycles. The first-order valence-electron chi connectivity index (χ1n) is 9.15. The molecule has 0 saturated carbocycles. The Morgan fingerprint density at radius 3 is 2.37 bits per heavy atom. The van der Waals surface area contributed by atoms with Crippen molar-refractivity contribution < 1.29 is 9.84 Å². The van der Waals surface area contributed by atoms with Gasteiger partial charge in [0.1, 0.15) is 18.5 Å². The van der Waals surface area contributed by atoms with Gasteiger partial charge in [-0.1, -0.05) is 48.5 Å². The van der Waals surface area contributed by atoms with Crippen molar-refractivity contribution in [1.29, 1.82) is 0 Å². The zero-order valence-electron chi connectivity index (χ0n) is 15.2. The van der Waals surface area contributed by atoms with Gasteiger partial charge in [-0.2, -0.15) is 0 Å². The summed E-state index contributed by atoms with van der Waals surface area (Å²) < 4.78 is 9.20. The molecular weight excluding hydrogens is 340 g/mol. The maximum atomic E-state index is 12.7. The van der Waals surface area contributed by atoms with Gasteiger partial charge >= 0.3 is 5.69 Å². The van der Waals surface area contributed by atoms with Crippen LogP contribution in [-0.2, 0) is 13.1 Å². The number of nitrogens with zero attached hydrogens (tertiary/aromatic N) is 2. The largest absolute Gasteiger partial charge is 0.490 e. The molecule has 1 N–H and O–H groups in total. The van der Waals surface area contributed by atoms with E-state index in [0.717, 1.165) is 27.6 Å². The number of ether oxygens (including phenoxy) is 1. The molecule has 3 aromatic carbocycles. The molecule has 4 rings (SSSR count). The van der Waals surface area contributed by atoms with Crippen LogP contribution >= 0.6 is 0 Å². The van der Waals surface area contributed by atoms with Crippen LogP contribution in [0.1, 0.15) is 6.92 Å². The molecule has 4 aromatic rings. The zero-order valence-corrected chi connectivity index (χ0v) is 15.2. The number of para-hydroxylation sites is 2. The lowest BCUT2D eigenvalue weighted by atomic mass is 10.1. The summed E-state index contributed by atoms with van der Waals surface area (Å²) in [6, 6.07) is 21.5. The summed E-state index contributed by atoms with van der Waals surface area (Å²) in [5.74, 6) is 0.732. The van der Waals surface area contributed by atoms with Crippen molar-refractivity contribution in [2.75, 3.05) is 6.61 Å². The van der Waals surface area contributed by atoms with Gasteiger partial charge in [0.05, 0.1) is 17.6 Å². The number of hydrogen-bond acceptors (Lipinski definition) is 3. The van der Waals surface area contributed by atoms with Crippen LogP contribution in [-0.4, -0.2) is 27.0 Å². The van der Waals surface area contributed by atoms with Crippen LogP contribution in [0.4, 0.5) is 0 Å². The Hall–Kier alpha value is -3.05. The second-order valence-corrected chi connectivity index (χ2v) is 6.57. The molecule has 0 radical (unpaired) electrons. The number of rotatable bonds is 6. The molecule has 0 bridgehead atoms. The summed E-state index contributed by atoms with van der Waals surface area (Å²) in [6.45, 7) is 2.84. The Morgan fingerprint density at radius 1 is 0.926 bits per heavy atom. The summed E-state index contributed by atoms with van der Waals surface area (Å²) >= 11 is 0. The number of aliphatic hydroxyl groups is 1. The highest BCUT2D eigenvalue weighted by atomic mass is 16.5. The van der Waals surface area contributed by atoms with E-state index in [1.54, 1.807) is 9.13 Å². The highest BCUT2D eigenvalue weighted by Gasteiger charge is 2.15. The fraction of sp³-hybridized carbons (Fsp3) is 0.227. The minimum Gasteiger partial charge on any atom is -0.490 e. The molecule has 0 aliphatic carbocycles. The minimum absolute atomic E-state index is 0.108. The Balaban J connectivity index is 1.55. The number of fused-ring (bicyclic) bond motifs is 2. The van der Waals surface area contributed by atoms with Crippen LogP contribution in [0.15, 0.2) is 71.5 Å². The van der Waals surface area contributed by atoms with E-state index in [1.807, 2.05) is 73.7 Å². The molecule has 27 heavy (non-hydrogen) atoms. The van der Waals surface area contributed by atoms with Crippen molar-refractivity contribution in [2.24, 2.45) is 0 Å². The molecule has 1 heterocycles. The fourth-order valence-corrected chi connectivity index (χ4v) is 3.53. The van der Waals surface area contributed by atoms with Gasteiger partial charge in [-0.3, -0.25) is 9.13 Å². The van der Waals surface area contributed by atoms with Crippen LogP contribution in [0.3, 0.4) is 0 Å². The smallest absolute Gasteiger partial charge is 0.329 e. The number of hydrogen-bond donors (Lipinski definition) is 1. The normalized spacial score (nSPS) is 12.5. The molecule has 0 amide bonds. The van der Waals surface area contributed by atoms with E-state index in [1.165, 1.54) is 0 Å². The SMILES string of the molecule is CCn1c(=O)n(C[C@H](O)COc2cccc3ccccc23)c2ccccc21. The van der Waals surface area contributed by atoms with Crippen molar-refractivity contribution in [1.82, 2.24) is 9.13 Å². The summed E-state index contributed by atoms with van der Waals surface area (Å²) in [6.07, 6.45) is -0.794. The Morgan fingerprint density at radius 2 is 1.59 bits per heavy atom. The van der Waals surface area contributed by atoms with Crippen molar-refractivity contribution in [3.8, 4) is 5.75 Å². The lowest BCUT2D eigenvalue weighted by Gasteiger charge is -2.14. The van der Waals surface area contributed by atoms with E-state index in [2.05, 4.69) is 0 Å². The third-order valence-corrected chi connectivity index (χ3v) is 4.82. The monoisotopic (exact) mass is 362 g/mol. The topological polar surface area (TPSA) is 56.4 Å². The summed E-state index contributed by atoms with van der Waals surface area (Å²) in [7, 11) is 0. The second-order valence-electron chi connectivity index (χ2n) is 6.57. The van der Waals surface area contributed by atoms with E-state index in [4.69, 9.17) is 4.74 Å². The van der Waals surface area contributed by atoms with Crippen molar-refractivity contribution in [2.45, 2.75) is 26.1 Å². The molecule has 1 atom stereocenters. The standard InChI is InChI=1S/C22H22N2O3/c1-2-23-19-11-5-6-12-20(19)24(22(23)26)14-17(25)15-27-21-13-7-9-16-8-3-4-10-18(16)21/h3-13,17,25H,2,14-15H2,1H3/t17-/m0/s1. The number of aryl methyl sites for hydroxylation is 1.